The minimum absolute atomic E-state index is 0.254. The summed E-state index contributed by atoms with van der Waals surface area (Å²) in [7, 11) is 0. The van der Waals surface area contributed by atoms with E-state index in [-0.39, 0.29) is 10.0 Å². The van der Waals surface area contributed by atoms with Crippen LogP contribution in [0.25, 0.3) is 0 Å². The first-order chi connectivity index (χ1) is 11.9. The molecule has 2 heterocycles. The van der Waals surface area contributed by atoms with Gasteiger partial charge in [-0.2, -0.15) is 0 Å². The van der Waals surface area contributed by atoms with Gasteiger partial charge in [0.2, 0.25) is 0 Å². The summed E-state index contributed by atoms with van der Waals surface area (Å²) in [4.78, 5) is 20.3. The first kappa shape index (κ1) is 17.8. The van der Waals surface area contributed by atoms with Gasteiger partial charge in [-0.3, -0.25) is 14.8 Å². The van der Waals surface area contributed by atoms with Crippen LogP contribution in [-0.4, -0.2) is 22.5 Å². The lowest BCUT2D eigenvalue weighted by Gasteiger charge is -2.32. The topological polar surface area (TPSA) is 42.3 Å². The molecule has 3 nitrogen and oxygen atoms in total. The Balaban J connectivity index is 2.12. The van der Waals surface area contributed by atoms with Crippen LogP contribution in [0.2, 0.25) is 0 Å². The molecule has 0 bridgehead atoms. The van der Waals surface area contributed by atoms with E-state index in [1.165, 1.54) is 5.56 Å². The van der Waals surface area contributed by atoms with E-state index in [0.717, 1.165) is 35.1 Å². The van der Waals surface area contributed by atoms with Gasteiger partial charge in [0, 0.05) is 17.3 Å². The first-order valence-corrected chi connectivity index (χ1v) is 8.79. The van der Waals surface area contributed by atoms with Crippen LogP contribution in [0.1, 0.15) is 46.1 Å². The Hall–Kier alpha value is -1.97. The molecule has 25 heavy (non-hydrogen) atoms. The molecule has 0 radical (unpaired) electrons. The predicted octanol–water partition coefficient (Wildman–Crippen LogP) is 5.06. The second-order valence-corrected chi connectivity index (χ2v) is 7.54. The minimum atomic E-state index is -0.337. The maximum atomic E-state index is 11.0. The Morgan fingerprint density at radius 3 is 2.76 bits per heavy atom. The highest BCUT2D eigenvalue weighted by Crippen LogP contribution is 2.33. The maximum Gasteiger partial charge on any atom is 0.168 e. The molecule has 1 unspecified atom stereocenters. The standard InChI is InChI=1S/C20H18Cl2N2O/c1-13-9-15(11-23-17(13)12-25)19-16-6-4-3-5-14(16)10-20(2,24-19)8-7-18(21)22/h3-7,9,11-12H,8,10H2,1-2H3. The summed E-state index contributed by atoms with van der Waals surface area (Å²) in [6, 6.07) is 10.2. The van der Waals surface area contributed by atoms with Crippen LogP contribution in [-0.2, 0) is 6.42 Å². The fourth-order valence-electron chi connectivity index (χ4n) is 3.16. The zero-order valence-electron chi connectivity index (χ0n) is 14.1. The van der Waals surface area contributed by atoms with Crippen molar-refractivity contribution in [2.24, 2.45) is 4.99 Å². The van der Waals surface area contributed by atoms with Crippen LogP contribution in [0.5, 0.6) is 0 Å². The van der Waals surface area contributed by atoms with Crippen LogP contribution < -0.4 is 0 Å². The van der Waals surface area contributed by atoms with Gasteiger partial charge < -0.3 is 0 Å². The van der Waals surface area contributed by atoms with Crippen LogP contribution in [0.3, 0.4) is 0 Å². The molecule has 0 amide bonds. The van der Waals surface area contributed by atoms with E-state index in [1.807, 2.05) is 25.1 Å². The number of hydrogen-bond acceptors (Lipinski definition) is 3. The summed E-state index contributed by atoms with van der Waals surface area (Å²) in [5.74, 6) is 0. The smallest absolute Gasteiger partial charge is 0.168 e. The van der Waals surface area contributed by atoms with Gasteiger partial charge >= 0.3 is 0 Å². The molecule has 0 spiro atoms. The van der Waals surface area contributed by atoms with E-state index in [2.05, 4.69) is 24.0 Å². The number of halogens is 2. The summed E-state index contributed by atoms with van der Waals surface area (Å²) in [6.07, 6.45) is 5.72. The Morgan fingerprint density at radius 1 is 1.32 bits per heavy atom. The van der Waals surface area contributed by atoms with Gasteiger partial charge in [-0.25, -0.2) is 0 Å². The van der Waals surface area contributed by atoms with Crippen molar-refractivity contribution in [1.29, 1.82) is 0 Å². The molecule has 1 atom stereocenters. The minimum Gasteiger partial charge on any atom is -0.296 e. The molecule has 0 aliphatic carbocycles. The van der Waals surface area contributed by atoms with Gasteiger partial charge in [0.05, 0.1) is 11.3 Å². The van der Waals surface area contributed by atoms with Crippen LogP contribution in [0, 0.1) is 6.92 Å². The molecule has 0 fully saturated rings. The van der Waals surface area contributed by atoms with E-state index in [9.17, 15) is 4.79 Å². The third-order valence-electron chi connectivity index (χ3n) is 4.43. The highest BCUT2D eigenvalue weighted by atomic mass is 35.5. The summed E-state index contributed by atoms with van der Waals surface area (Å²) < 4.78 is 0.254. The maximum absolute atomic E-state index is 11.0. The van der Waals surface area contributed by atoms with Crippen molar-refractivity contribution in [2.45, 2.75) is 32.2 Å². The van der Waals surface area contributed by atoms with Gasteiger partial charge in [-0.15, -0.1) is 0 Å². The van der Waals surface area contributed by atoms with Gasteiger partial charge in [0.1, 0.15) is 10.2 Å². The first-order valence-electron chi connectivity index (χ1n) is 8.03. The summed E-state index contributed by atoms with van der Waals surface area (Å²) in [5.41, 5.74) is 5.07. The van der Waals surface area contributed by atoms with E-state index >= 15 is 0 Å². The lowest BCUT2D eigenvalue weighted by Crippen LogP contribution is -2.32. The third-order valence-corrected chi connectivity index (χ3v) is 4.73. The Bertz CT molecular complexity index is 885. The zero-order chi connectivity index (χ0) is 18.0. The molecular formula is C20H18Cl2N2O. The van der Waals surface area contributed by atoms with Gasteiger partial charge in [0.25, 0.3) is 0 Å². The number of carbonyl (C=O) groups excluding carboxylic acids is 1. The molecule has 0 saturated heterocycles. The molecule has 2 aromatic rings. The van der Waals surface area contributed by atoms with Crippen molar-refractivity contribution in [1.82, 2.24) is 4.98 Å². The highest BCUT2D eigenvalue weighted by molar-refractivity contribution is 6.55. The van der Waals surface area contributed by atoms with E-state index in [1.54, 1.807) is 12.3 Å². The largest absolute Gasteiger partial charge is 0.296 e. The Labute approximate surface area is 157 Å². The summed E-state index contributed by atoms with van der Waals surface area (Å²) >= 11 is 11.6. The second kappa shape index (κ2) is 7.11. The van der Waals surface area contributed by atoms with Gasteiger partial charge in [0.15, 0.2) is 6.29 Å². The molecule has 1 aliphatic rings. The number of aromatic nitrogens is 1. The number of fused-ring (bicyclic) bond motifs is 1. The Morgan fingerprint density at radius 2 is 2.08 bits per heavy atom. The summed E-state index contributed by atoms with van der Waals surface area (Å²) in [5, 5.41) is 0. The van der Waals surface area contributed by atoms with E-state index in [0.29, 0.717) is 12.1 Å². The number of pyridine rings is 1. The number of aliphatic imine (C=N–C) groups is 1. The van der Waals surface area contributed by atoms with Crippen molar-refractivity contribution >= 4 is 35.2 Å². The van der Waals surface area contributed by atoms with Crippen molar-refractivity contribution in [3.63, 3.8) is 0 Å². The SMILES string of the molecule is Cc1cc(C2=NC(C)(CC=C(Cl)Cl)Cc3ccccc32)cnc1C=O. The quantitative estimate of drug-likeness (QED) is 0.703. The Kier molecular flexibility index (Phi) is 5.07. The highest BCUT2D eigenvalue weighted by Gasteiger charge is 2.30. The number of aryl methyl sites for hydroxylation is 1. The molecule has 0 N–H and O–H groups in total. The molecule has 1 aromatic heterocycles. The second-order valence-electron chi connectivity index (χ2n) is 6.53. The normalized spacial score (nSPS) is 19.0. The monoisotopic (exact) mass is 372 g/mol. The van der Waals surface area contributed by atoms with Crippen LogP contribution in [0.4, 0.5) is 0 Å². The molecule has 3 rings (SSSR count). The third kappa shape index (κ3) is 3.83. The van der Waals surface area contributed by atoms with Crippen molar-refractivity contribution in [3.8, 4) is 0 Å². The molecular weight excluding hydrogens is 355 g/mol. The van der Waals surface area contributed by atoms with E-state index < -0.39 is 0 Å². The number of nitrogens with zero attached hydrogens (tertiary/aromatic N) is 2. The number of hydrogen-bond donors (Lipinski definition) is 0. The molecule has 1 aliphatic heterocycles. The van der Waals surface area contributed by atoms with Gasteiger partial charge in [-0.05, 0) is 43.9 Å². The fourth-order valence-corrected chi connectivity index (χ4v) is 3.31. The number of aldehydes is 1. The van der Waals surface area contributed by atoms with Gasteiger partial charge in [-0.1, -0.05) is 53.5 Å². The number of rotatable bonds is 4. The predicted molar refractivity (Wildman–Crippen MR) is 103 cm³/mol. The van der Waals surface area contributed by atoms with Crippen molar-refractivity contribution in [3.05, 3.63) is 75.0 Å². The molecule has 5 heteroatoms. The zero-order valence-corrected chi connectivity index (χ0v) is 15.6. The number of carbonyl (C=O) groups is 1. The van der Waals surface area contributed by atoms with Crippen molar-refractivity contribution < 1.29 is 4.79 Å². The molecule has 1 aromatic carbocycles. The van der Waals surface area contributed by atoms with Crippen LogP contribution in [0.15, 0.2) is 52.1 Å². The van der Waals surface area contributed by atoms with Crippen molar-refractivity contribution in [2.75, 3.05) is 0 Å². The van der Waals surface area contributed by atoms with Crippen LogP contribution >= 0.6 is 23.2 Å². The molecule has 0 saturated carbocycles. The van der Waals surface area contributed by atoms with E-state index in [4.69, 9.17) is 28.2 Å². The lowest BCUT2D eigenvalue weighted by atomic mass is 9.82. The average Bonchev–Trinajstić information content (AvgIpc) is 2.59. The lowest BCUT2D eigenvalue weighted by molar-refractivity contribution is 0.111. The fraction of sp³-hybridized carbons (Fsp3) is 0.250. The molecule has 128 valence electrons. The average molecular weight is 373 g/mol. The summed E-state index contributed by atoms with van der Waals surface area (Å²) in [6.45, 7) is 3.97. The number of benzene rings is 1.